The number of rotatable bonds is 4. The lowest BCUT2D eigenvalue weighted by molar-refractivity contribution is -0.177. The molecule has 2 bridgehead atoms. The standard InChI is InChI=1S/C11H14N2O5S/c1-3-17-10(14)11(7-12)8-4-5-9(6-8)13(11)18-19(2,15)16/h4-5,8-9H,3,6H2,1-2H3/t8?,9?,11-/m0/s1. The Morgan fingerprint density at radius 2 is 2.26 bits per heavy atom. The highest BCUT2D eigenvalue weighted by molar-refractivity contribution is 7.85. The quantitative estimate of drug-likeness (QED) is 0.528. The largest absolute Gasteiger partial charge is 0.464 e. The van der Waals surface area contributed by atoms with Crippen LogP contribution in [0.15, 0.2) is 12.2 Å². The van der Waals surface area contributed by atoms with E-state index >= 15 is 0 Å². The maximum Gasteiger partial charge on any atom is 0.344 e. The number of nitrogens with zero attached hydrogens (tertiary/aromatic N) is 2. The van der Waals surface area contributed by atoms with Crippen molar-refractivity contribution in [3.8, 4) is 6.07 Å². The van der Waals surface area contributed by atoms with Crippen LogP contribution in [-0.4, -0.2) is 43.9 Å². The maximum absolute atomic E-state index is 12.1. The van der Waals surface area contributed by atoms with Crippen molar-refractivity contribution in [3.05, 3.63) is 12.2 Å². The van der Waals surface area contributed by atoms with E-state index in [1.807, 2.05) is 6.07 Å². The predicted octanol–water partition coefficient (Wildman–Crippen LogP) is -0.0366. The molecule has 0 aromatic carbocycles. The summed E-state index contributed by atoms with van der Waals surface area (Å²) in [5.74, 6) is -1.21. The number of nitriles is 1. The van der Waals surface area contributed by atoms with E-state index in [1.54, 1.807) is 19.1 Å². The van der Waals surface area contributed by atoms with E-state index in [1.165, 1.54) is 0 Å². The minimum Gasteiger partial charge on any atom is -0.464 e. The topological polar surface area (TPSA) is 96.7 Å². The molecule has 1 aliphatic carbocycles. The van der Waals surface area contributed by atoms with Crippen LogP contribution in [0.4, 0.5) is 0 Å². The molecule has 104 valence electrons. The van der Waals surface area contributed by atoms with Crippen LogP contribution in [0.25, 0.3) is 0 Å². The molecule has 8 heteroatoms. The summed E-state index contributed by atoms with van der Waals surface area (Å²) in [5, 5.41) is 10.4. The Hall–Kier alpha value is -1.43. The molecule has 0 amide bonds. The summed E-state index contributed by atoms with van der Waals surface area (Å²) in [7, 11) is -3.83. The summed E-state index contributed by atoms with van der Waals surface area (Å²) in [6, 6.07) is 1.46. The summed E-state index contributed by atoms with van der Waals surface area (Å²) < 4.78 is 32.3. The molecule has 2 unspecified atom stereocenters. The fourth-order valence-electron chi connectivity index (χ4n) is 2.51. The fourth-order valence-corrected chi connectivity index (χ4v) is 3.03. The molecular formula is C11H14N2O5S. The van der Waals surface area contributed by atoms with E-state index in [4.69, 9.17) is 9.02 Å². The van der Waals surface area contributed by atoms with Gasteiger partial charge in [0.15, 0.2) is 0 Å². The Morgan fingerprint density at radius 1 is 1.58 bits per heavy atom. The Balaban J connectivity index is 2.42. The highest BCUT2D eigenvalue weighted by Crippen LogP contribution is 2.46. The Labute approximate surface area is 111 Å². The van der Waals surface area contributed by atoms with Gasteiger partial charge in [-0.15, -0.1) is 5.06 Å². The Kier molecular flexibility index (Phi) is 3.38. The second-order valence-electron chi connectivity index (χ2n) is 4.50. The molecule has 7 nitrogen and oxygen atoms in total. The first-order valence-corrected chi connectivity index (χ1v) is 7.62. The van der Waals surface area contributed by atoms with E-state index in [9.17, 15) is 18.5 Å². The molecule has 0 N–H and O–H groups in total. The molecular weight excluding hydrogens is 272 g/mol. The van der Waals surface area contributed by atoms with Crippen LogP contribution in [0, 0.1) is 17.2 Å². The van der Waals surface area contributed by atoms with Crippen LogP contribution in [-0.2, 0) is 23.9 Å². The highest BCUT2D eigenvalue weighted by atomic mass is 32.2. The van der Waals surface area contributed by atoms with E-state index in [2.05, 4.69) is 0 Å². The van der Waals surface area contributed by atoms with Gasteiger partial charge in [0.2, 0.25) is 5.54 Å². The van der Waals surface area contributed by atoms with Crippen LogP contribution in [0.1, 0.15) is 13.3 Å². The van der Waals surface area contributed by atoms with Gasteiger partial charge in [-0.25, -0.2) is 4.79 Å². The van der Waals surface area contributed by atoms with Crippen LogP contribution >= 0.6 is 0 Å². The maximum atomic E-state index is 12.1. The van der Waals surface area contributed by atoms with E-state index in [-0.39, 0.29) is 6.61 Å². The predicted molar refractivity (Wildman–Crippen MR) is 63.8 cm³/mol. The van der Waals surface area contributed by atoms with Crippen molar-refractivity contribution < 1.29 is 22.2 Å². The Morgan fingerprint density at radius 3 is 2.79 bits per heavy atom. The molecule has 0 aromatic rings. The van der Waals surface area contributed by atoms with Crippen LogP contribution in [0.3, 0.4) is 0 Å². The first-order valence-electron chi connectivity index (χ1n) is 5.81. The molecule has 0 radical (unpaired) electrons. The van der Waals surface area contributed by atoms with Gasteiger partial charge in [0.1, 0.15) is 6.07 Å². The monoisotopic (exact) mass is 286 g/mol. The van der Waals surface area contributed by atoms with E-state index < -0.39 is 33.6 Å². The highest BCUT2D eigenvalue weighted by Gasteiger charge is 2.63. The zero-order valence-electron chi connectivity index (χ0n) is 10.6. The summed E-state index contributed by atoms with van der Waals surface area (Å²) in [6.45, 7) is 1.73. The number of fused-ring (bicyclic) bond motifs is 2. The zero-order chi connectivity index (χ0) is 14.3. The number of carbonyl (C=O) groups excluding carboxylic acids is 1. The van der Waals surface area contributed by atoms with E-state index in [0.717, 1.165) is 11.3 Å². The van der Waals surface area contributed by atoms with Gasteiger partial charge in [-0.1, -0.05) is 12.2 Å². The first-order chi connectivity index (χ1) is 8.85. The van der Waals surface area contributed by atoms with E-state index in [0.29, 0.717) is 6.42 Å². The molecule has 19 heavy (non-hydrogen) atoms. The third kappa shape index (κ3) is 2.14. The second kappa shape index (κ2) is 4.59. The number of ether oxygens (including phenoxy) is 1. The second-order valence-corrected chi connectivity index (χ2v) is 6.05. The molecule has 1 aliphatic heterocycles. The minimum absolute atomic E-state index is 0.107. The van der Waals surface area contributed by atoms with Crippen molar-refractivity contribution >= 4 is 16.1 Å². The van der Waals surface area contributed by atoms with Crippen molar-refractivity contribution in [1.82, 2.24) is 5.06 Å². The number of hydroxylamine groups is 2. The van der Waals surface area contributed by atoms with Gasteiger partial charge in [-0.3, -0.25) is 0 Å². The lowest BCUT2D eigenvalue weighted by Crippen LogP contribution is -2.57. The van der Waals surface area contributed by atoms with Crippen molar-refractivity contribution in [2.45, 2.75) is 24.9 Å². The first kappa shape index (κ1) is 14.0. The van der Waals surface area contributed by atoms with Gasteiger partial charge in [-0.05, 0) is 13.3 Å². The van der Waals surface area contributed by atoms with Crippen molar-refractivity contribution in [2.75, 3.05) is 12.9 Å². The number of esters is 1. The van der Waals surface area contributed by atoms with Gasteiger partial charge in [0.05, 0.1) is 18.9 Å². The third-order valence-corrected chi connectivity index (χ3v) is 3.65. The molecule has 1 fully saturated rings. The van der Waals surface area contributed by atoms with Crippen LogP contribution in [0.5, 0.6) is 0 Å². The van der Waals surface area contributed by atoms with Gasteiger partial charge in [0, 0.05) is 5.92 Å². The van der Waals surface area contributed by atoms with Gasteiger partial charge in [-0.2, -0.15) is 18.0 Å². The zero-order valence-corrected chi connectivity index (χ0v) is 11.4. The molecule has 0 aromatic heterocycles. The van der Waals surface area contributed by atoms with Crippen LogP contribution < -0.4 is 0 Å². The average Bonchev–Trinajstić information content (AvgIpc) is 2.87. The lowest BCUT2D eigenvalue weighted by atomic mass is 9.87. The molecule has 0 saturated carbocycles. The van der Waals surface area contributed by atoms with Gasteiger partial charge >= 0.3 is 5.97 Å². The average molecular weight is 286 g/mol. The summed E-state index contributed by atoms with van der Waals surface area (Å²) in [6.07, 6.45) is 4.79. The molecule has 2 aliphatic rings. The minimum atomic E-state index is -3.83. The molecule has 3 atom stereocenters. The van der Waals surface area contributed by atoms with Crippen molar-refractivity contribution in [3.63, 3.8) is 0 Å². The molecule has 2 rings (SSSR count). The summed E-state index contributed by atoms with van der Waals surface area (Å²) >= 11 is 0. The van der Waals surface area contributed by atoms with Crippen molar-refractivity contribution in [2.24, 2.45) is 5.92 Å². The molecule has 1 saturated heterocycles. The smallest absolute Gasteiger partial charge is 0.344 e. The summed E-state index contributed by atoms with van der Waals surface area (Å²) in [4.78, 5) is 12.1. The normalized spacial score (nSPS) is 33.3. The van der Waals surface area contributed by atoms with Gasteiger partial charge in [0.25, 0.3) is 10.1 Å². The molecule has 1 heterocycles. The summed E-state index contributed by atoms with van der Waals surface area (Å²) in [5.41, 5.74) is -1.72. The molecule has 0 spiro atoms. The number of carbonyl (C=O) groups is 1. The number of hydrogen-bond acceptors (Lipinski definition) is 7. The third-order valence-electron chi connectivity index (χ3n) is 3.22. The van der Waals surface area contributed by atoms with Gasteiger partial charge < -0.3 is 4.74 Å². The fraction of sp³-hybridized carbons (Fsp3) is 0.636. The lowest BCUT2D eigenvalue weighted by Gasteiger charge is -2.34. The Bertz CT molecular complexity index is 564. The van der Waals surface area contributed by atoms with Crippen molar-refractivity contribution in [1.29, 1.82) is 5.26 Å². The van der Waals surface area contributed by atoms with Crippen LogP contribution in [0.2, 0.25) is 0 Å². The number of hydrogen-bond donors (Lipinski definition) is 0. The SMILES string of the molecule is CCOC(=O)[C@]1(C#N)C2C=CC(C2)N1OS(C)(=O)=O.